The fraction of sp³-hybridized carbons (Fsp3) is 0.393. The maximum Gasteiger partial charge on any atom is 0.205 e. The Kier molecular flexibility index (Phi) is 13.7. The number of hydrogen-bond donors (Lipinski definition) is 1. The van der Waals surface area contributed by atoms with E-state index < -0.39 is 11.6 Å². The number of fused-ring (bicyclic) bond motifs is 1. The van der Waals surface area contributed by atoms with Crippen LogP contribution in [0.5, 0.6) is 0 Å². The summed E-state index contributed by atoms with van der Waals surface area (Å²) in [6.07, 6.45) is 5.27. The SMILES string of the molecule is CCN(CC)c1ccc2c(/C=C(\F)c3cc[n+](CCC[NH+](CC)CC)cc3F)cccc2c1F.[Br-].[Br-]. The van der Waals surface area contributed by atoms with Gasteiger partial charge < -0.3 is 43.8 Å². The third-order valence-electron chi connectivity index (χ3n) is 6.57. The summed E-state index contributed by atoms with van der Waals surface area (Å²) in [4.78, 5) is 3.44. The molecule has 0 spiro atoms. The van der Waals surface area contributed by atoms with E-state index in [1.54, 1.807) is 41.1 Å². The lowest BCUT2D eigenvalue weighted by molar-refractivity contribution is -0.899. The van der Waals surface area contributed by atoms with Crippen molar-refractivity contribution in [3.05, 3.63) is 71.6 Å². The fourth-order valence-electron chi connectivity index (χ4n) is 4.44. The number of pyridine rings is 1. The predicted molar refractivity (Wildman–Crippen MR) is 135 cm³/mol. The molecule has 0 radical (unpaired) electrons. The molecule has 0 saturated heterocycles. The van der Waals surface area contributed by atoms with Gasteiger partial charge in [0.15, 0.2) is 24.4 Å². The molecule has 36 heavy (non-hydrogen) atoms. The van der Waals surface area contributed by atoms with Crippen LogP contribution in [0.1, 0.15) is 45.2 Å². The zero-order valence-corrected chi connectivity index (χ0v) is 24.6. The third kappa shape index (κ3) is 7.56. The van der Waals surface area contributed by atoms with E-state index in [1.807, 2.05) is 18.7 Å². The van der Waals surface area contributed by atoms with Gasteiger partial charge in [-0.05, 0) is 50.8 Å². The van der Waals surface area contributed by atoms with Crippen LogP contribution in [0, 0.1) is 11.6 Å². The summed E-state index contributed by atoms with van der Waals surface area (Å²) < 4.78 is 46.8. The minimum Gasteiger partial charge on any atom is -1.00 e. The van der Waals surface area contributed by atoms with Gasteiger partial charge in [0.1, 0.15) is 5.83 Å². The Balaban J connectivity index is 0.00000324. The van der Waals surface area contributed by atoms with Crippen LogP contribution >= 0.6 is 0 Å². The molecule has 2 aromatic carbocycles. The van der Waals surface area contributed by atoms with Gasteiger partial charge >= 0.3 is 0 Å². The number of aryl methyl sites for hydroxylation is 1. The molecule has 8 heteroatoms. The summed E-state index contributed by atoms with van der Waals surface area (Å²) in [5.41, 5.74) is 0.946. The Labute approximate surface area is 234 Å². The van der Waals surface area contributed by atoms with Crippen molar-refractivity contribution in [3.8, 4) is 0 Å². The number of anilines is 1. The summed E-state index contributed by atoms with van der Waals surface area (Å²) in [6, 6.07) is 10.1. The van der Waals surface area contributed by atoms with Crippen molar-refractivity contribution in [2.75, 3.05) is 37.6 Å². The van der Waals surface area contributed by atoms with Gasteiger partial charge in [0.05, 0.1) is 37.3 Å². The molecule has 0 atom stereocenters. The smallest absolute Gasteiger partial charge is 0.205 e. The number of aromatic nitrogens is 1. The second-order valence-electron chi connectivity index (χ2n) is 8.51. The van der Waals surface area contributed by atoms with Gasteiger partial charge in [-0.15, -0.1) is 0 Å². The molecule has 3 nitrogen and oxygen atoms in total. The van der Waals surface area contributed by atoms with Crippen LogP contribution in [0.3, 0.4) is 0 Å². The number of halogens is 5. The van der Waals surface area contributed by atoms with E-state index in [1.165, 1.54) is 23.2 Å². The molecular weight excluding hydrogens is 595 g/mol. The third-order valence-corrected chi connectivity index (χ3v) is 6.57. The van der Waals surface area contributed by atoms with Crippen molar-refractivity contribution in [1.82, 2.24) is 0 Å². The van der Waals surface area contributed by atoms with Crippen molar-refractivity contribution in [2.45, 2.75) is 40.7 Å². The van der Waals surface area contributed by atoms with E-state index in [9.17, 15) is 4.39 Å². The first-order chi connectivity index (χ1) is 16.4. The summed E-state index contributed by atoms with van der Waals surface area (Å²) in [7, 11) is 0. The number of nitrogens with zero attached hydrogens (tertiary/aromatic N) is 2. The summed E-state index contributed by atoms with van der Waals surface area (Å²) in [5.74, 6) is -1.62. The van der Waals surface area contributed by atoms with Gasteiger partial charge in [-0.3, -0.25) is 0 Å². The summed E-state index contributed by atoms with van der Waals surface area (Å²) >= 11 is 0. The molecule has 0 aliphatic carbocycles. The maximum atomic E-state index is 15.2. The van der Waals surface area contributed by atoms with Gasteiger partial charge in [0.25, 0.3) is 0 Å². The second-order valence-corrected chi connectivity index (χ2v) is 8.51. The Bertz CT molecular complexity index is 1150. The van der Waals surface area contributed by atoms with Gasteiger partial charge in [0, 0.05) is 24.5 Å². The highest BCUT2D eigenvalue weighted by molar-refractivity contribution is 5.96. The molecule has 1 aromatic heterocycles. The van der Waals surface area contributed by atoms with E-state index in [2.05, 4.69) is 13.8 Å². The van der Waals surface area contributed by atoms with Crippen LogP contribution < -0.4 is 48.3 Å². The van der Waals surface area contributed by atoms with Gasteiger partial charge in [-0.2, -0.15) is 4.39 Å². The van der Waals surface area contributed by atoms with E-state index in [4.69, 9.17) is 0 Å². The standard InChI is InChI=1S/C28H35F3N3.2BrH/c1-5-32(6-2)16-10-17-33-18-15-24(26(30)20-33)25(29)19-21-11-9-12-23-22(21)13-14-27(28(23)31)34(7-3)8-4;;/h9,11-15,18-20H,5-8,10,16-17H2,1-4H3;2*1H/q+1;;/p-1/b25-19-;;. The topological polar surface area (TPSA) is 11.6 Å². The molecule has 1 N–H and O–H groups in total. The fourth-order valence-corrected chi connectivity index (χ4v) is 4.44. The van der Waals surface area contributed by atoms with Gasteiger partial charge in [0.2, 0.25) is 6.20 Å². The minimum atomic E-state index is -0.682. The van der Waals surface area contributed by atoms with Crippen LogP contribution in [-0.4, -0.2) is 32.7 Å². The van der Waals surface area contributed by atoms with Crippen LogP contribution in [0.25, 0.3) is 22.7 Å². The van der Waals surface area contributed by atoms with E-state index in [0.29, 0.717) is 41.7 Å². The van der Waals surface area contributed by atoms with E-state index in [0.717, 1.165) is 26.1 Å². The molecule has 0 aliphatic heterocycles. The normalized spacial score (nSPS) is 11.4. The van der Waals surface area contributed by atoms with Crippen molar-refractivity contribution in [2.24, 2.45) is 0 Å². The average Bonchev–Trinajstić information content (AvgIpc) is 2.84. The van der Waals surface area contributed by atoms with Gasteiger partial charge in [-0.25, -0.2) is 13.3 Å². The molecule has 0 bridgehead atoms. The summed E-state index contributed by atoms with van der Waals surface area (Å²) in [6.45, 7) is 13.5. The molecule has 3 rings (SSSR count). The number of hydrogen-bond acceptors (Lipinski definition) is 1. The van der Waals surface area contributed by atoms with Crippen LogP contribution in [-0.2, 0) is 6.54 Å². The van der Waals surface area contributed by atoms with Crippen molar-refractivity contribution >= 4 is 28.4 Å². The maximum absolute atomic E-state index is 15.2. The number of nitrogens with one attached hydrogen (secondary N) is 1. The van der Waals surface area contributed by atoms with Crippen molar-refractivity contribution < 1.29 is 56.6 Å². The second kappa shape index (κ2) is 15.4. The zero-order valence-electron chi connectivity index (χ0n) is 21.4. The highest BCUT2D eigenvalue weighted by atomic mass is 79.9. The van der Waals surface area contributed by atoms with E-state index >= 15 is 8.78 Å². The molecule has 198 valence electrons. The number of benzene rings is 2. The lowest BCUT2D eigenvalue weighted by atomic mass is 10.0. The predicted octanol–water partition coefficient (Wildman–Crippen LogP) is -0.958. The van der Waals surface area contributed by atoms with E-state index in [-0.39, 0.29) is 45.3 Å². The Hall–Kier alpha value is -1.90. The Morgan fingerprint density at radius 3 is 2.25 bits per heavy atom. The summed E-state index contributed by atoms with van der Waals surface area (Å²) in [5, 5.41) is 1.02. The largest absolute Gasteiger partial charge is 1.00 e. The number of quaternary nitrogens is 1. The number of rotatable bonds is 11. The molecule has 0 aliphatic rings. The average molecular weight is 631 g/mol. The van der Waals surface area contributed by atoms with Crippen molar-refractivity contribution in [3.63, 3.8) is 0 Å². The molecule has 0 unspecified atom stereocenters. The first-order valence-corrected chi connectivity index (χ1v) is 12.3. The van der Waals surface area contributed by atoms with Crippen LogP contribution in [0.2, 0.25) is 0 Å². The molecule has 1 heterocycles. The molecular formula is C28H36Br2F3N3. The van der Waals surface area contributed by atoms with Crippen LogP contribution in [0.15, 0.2) is 48.8 Å². The molecule has 0 fully saturated rings. The highest BCUT2D eigenvalue weighted by Crippen LogP contribution is 2.31. The monoisotopic (exact) mass is 629 g/mol. The molecule has 0 saturated carbocycles. The molecule has 0 amide bonds. The zero-order chi connectivity index (χ0) is 24.7. The van der Waals surface area contributed by atoms with Crippen molar-refractivity contribution in [1.29, 1.82) is 0 Å². The quantitative estimate of drug-likeness (QED) is 0.269. The highest BCUT2D eigenvalue weighted by Gasteiger charge is 2.16. The first kappa shape index (κ1) is 32.1. The molecule has 3 aromatic rings. The first-order valence-electron chi connectivity index (χ1n) is 12.3. The van der Waals surface area contributed by atoms with Crippen LogP contribution in [0.4, 0.5) is 18.9 Å². The Morgan fingerprint density at radius 1 is 0.944 bits per heavy atom. The minimum absolute atomic E-state index is 0. The lowest BCUT2D eigenvalue weighted by Crippen LogP contribution is -3.11. The van der Waals surface area contributed by atoms with Gasteiger partial charge in [-0.1, -0.05) is 24.3 Å². The Morgan fingerprint density at radius 2 is 1.64 bits per heavy atom. The lowest BCUT2D eigenvalue weighted by Gasteiger charge is -2.22.